The lowest BCUT2D eigenvalue weighted by Crippen LogP contribution is -2.28. The van der Waals surface area contributed by atoms with Gasteiger partial charge in [-0.25, -0.2) is 4.98 Å². The van der Waals surface area contributed by atoms with Crippen molar-refractivity contribution < 1.29 is 4.79 Å². The molecule has 0 bridgehead atoms. The number of carbonyl (C=O) groups is 1. The van der Waals surface area contributed by atoms with Crippen LogP contribution in [0.15, 0.2) is 24.3 Å². The van der Waals surface area contributed by atoms with Crippen LogP contribution in [0.4, 0.5) is 0 Å². The molecular weight excluding hydrogens is 214 g/mol. The van der Waals surface area contributed by atoms with Crippen LogP contribution < -0.4 is 5.32 Å². The summed E-state index contributed by atoms with van der Waals surface area (Å²) < 4.78 is 2.01. The molecule has 0 saturated heterocycles. The van der Waals surface area contributed by atoms with Crippen LogP contribution in [-0.4, -0.2) is 22.5 Å². The van der Waals surface area contributed by atoms with Crippen molar-refractivity contribution in [2.75, 3.05) is 7.05 Å². The van der Waals surface area contributed by atoms with E-state index in [0.717, 1.165) is 23.3 Å². The number of rotatable bonds is 3. The molecule has 0 radical (unpaired) electrons. The van der Waals surface area contributed by atoms with Crippen LogP contribution in [0.1, 0.15) is 25.7 Å². The van der Waals surface area contributed by atoms with Gasteiger partial charge in [0, 0.05) is 13.5 Å². The predicted octanol–water partition coefficient (Wildman–Crippen LogP) is 1.91. The van der Waals surface area contributed by atoms with Crippen LogP contribution in [0.2, 0.25) is 0 Å². The van der Waals surface area contributed by atoms with Crippen molar-refractivity contribution in [1.29, 1.82) is 0 Å². The number of hydrogen-bond acceptors (Lipinski definition) is 2. The van der Waals surface area contributed by atoms with Gasteiger partial charge in [-0.2, -0.15) is 0 Å². The maximum Gasteiger partial charge on any atom is 0.242 e. The average Bonchev–Trinajstić information content (AvgIpc) is 2.75. The number of likely N-dealkylation sites (N-methyl/N-ethyl adjacent to an activating group) is 1. The standard InChI is InChI=1S/C13H17N3O/c1-4-12-15-10-7-5-6-8-11(10)16(12)9(2)13(17)14-3/h5-9H,4H2,1-3H3,(H,14,17). The van der Waals surface area contributed by atoms with Crippen molar-refractivity contribution in [2.24, 2.45) is 0 Å². The SMILES string of the molecule is CCc1nc2ccccc2n1C(C)C(=O)NC. The Hall–Kier alpha value is -1.84. The molecule has 17 heavy (non-hydrogen) atoms. The van der Waals surface area contributed by atoms with Crippen molar-refractivity contribution in [2.45, 2.75) is 26.3 Å². The van der Waals surface area contributed by atoms with Gasteiger partial charge in [-0.1, -0.05) is 19.1 Å². The molecule has 1 aromatic carbocycles. The van der Waals surface area contributed by atoms with Crippen LogP contribution in [0.5, 0.6) is 0 Å². The fraction of sp³-hybridized carbons (Fsp3) is 0.385. The van der Waals surface area contributed by atoms with Crippen molar-refractivity contribution in [3.05, 3.63) is 30.1 Å². The Morgan fingerprint density at radius 2 is 2.18 bits per heavy atom. The van der Waals surface area contributed by atoms with Crippen LogP contribution >= 0.6 is 0 Å². The van der Waals surface area contributed by atoms with E-state index in [-0.39, 0.29) is 11.9 Å². The van der Waals surface area contributed by atoms with Gasteiger partial charge in [-0.05, 0) is 19.1 Å². The van der Waals surface area contributed by atoms with E-state index in [1.165, 1.54) is 0 Å². The van der Waals surface area contributed by atoms with Crippen molar-refractivity contribution in [3.63, 3.8) is 0 Å². The number of nitrogens with zero attached hydrogens (tertiary/aromatic N) is 2. The molecule has 0 saturated carbocycles. The highest BCUT2D eigenvalue weighted by Crippen LogP contribution is 2.21. The number of benzene rings is 1. The second-order valence-electron chi connectivity index (χ2n) is 4.03. The van der Waals surface area contributed by atoms with Crippen LogP contribution in [0.25, 0.3) is 11.0 Å². The molecule has 0 fully saturated rings. The van der Waals surface area contributed by atoms with Crippen LogP contribution in [0.3, 0.4) is 0 Å². The Morgan fingerprint density at radius 3 is 2.82 bits per heavy atom. The molecule has 0 spiro atoms. The fourth-order valence-electron chi connectivity index (χ4n) is 2.10. The molecule has 4 nitrogen and oxygen atoms in total. The van der Waals surface area contributed by atoms with Crippen LogP contribution in [-0.2, 0) is 11.2 Å². The molecule has 1 aromatic heterocycles. The molecule has 0 aliphatic rings. The van der Waals surface area contributed by atoms with E-state index in [1.54, 1.807) is 7.05 Å². The summed E-state index contributed by atoms with van der Waals surface area (Å²) in [5, 5.41) is 2.68. The number of hydrogen-bond donors (Lipinski definition) is 1. The quantitative estimate of drug-likeness (QED) is 0.877. The molecule has 1 heterocycles. The van der Waals surface area contributed by atoms with Gasteiger partial charge in [0.25, 0.3) is 0 Å². The van der Waals surface area contributed by atoms with Crippen molar-refractivity contribution in [1.82, 2.24) is 14.9 Å². The Labute approximate surface area is 101 Å². The van der Waals surface area contributed by atoms with E-state index in [2.05, 4.69) is 10.3 Å². The minimum atomic E-state index is -0.234. The Kier molecular flexibility index (Phi) is 3.13. The number of nitrogens with one attached hydrogen (secondary N) is 1. The summed E-state index contributed by atoms with van der Waals surface area (Å²) in [5.74, 6) is 0.949. The summed E-state index contributed by atoms with van der Waals surface area (Å²) in [5.41, 5.74) is 1.96. The number of aryl methyl sites for hydroxylation is 1. The molecule has 2 aromatic rings. The molecular formula is C13H17N3O. The highest BCUT2D eigenvalue weighted by atomic mass is 16.2. The third-order valence-corrected chi connectivity index (χ3v) is 3.00. The van der Waals surface area contributed by atoms with Gasteiger partial charge in [-0.3, -0.25) is 4.79 Å². The molecule has 1 atom stereocenters. The summed E-state index contributed by atoms with van der Waals surface area (Å²) in [7, 11) is 1.66. The lowest BCUT2D eigenvalue weighted by molar-refractivity contribution is -0.123. The highest BCUT2D eigenvalue weighted by molar-refractivity contribution is 5.83. The molecule has 1 unspecified atom stereocenters. The second-order valence-corrected chi connectivity index (χ2v) is 4.03. The first-order chi connectivity index (χ1) is 8.19. The van der Waals surface area contributed by atoms with E-state index in [4.69, 9.17) is 0 Å². The Bertz CT molecular complexity index is 545. The summed E-state index contributed by atoms with van der Waals surface area (Å²) >= 11 is 0. The smallest absolute Gasteiger partial charge is 0.242 e. The van der Waals surface area contributed by atoms with E-state index in [1.807, 2.05) is 42.7 Å². The van der Waals surface area contributed by atoms with E-state index in [9.17, 15) is 4.79 Å². The number of carbonyl (C=O) groups excluding carboxylic acids is 1. The number of imidazole rings is 1. The topological polar surface area (TPSA) is 46.9 Å². The third-order valence-electron chi connectivity index (χ3n) is 3.00. The summed E-state index contributed by atoms with van der Waals surface area (Å²) in [4.78, 5) is 16.3. The monoisotopic (exact) mass is 231 g/mol. The zero-order valence-corrected chi connectivity index (χ0v) is 10.4. The average molecular weight is 231 g/mol. The highest BCUT2D eigenvalue weighted by Gasteiger charge is 2.19. The minimum absolute atomic E-state index is 0.00264. The van der Waals surface area contributed by atoms with Crippen molar-refractivity contribution in [3.8, 4) is 0 Å². The maximum atomic E-state index is 11.8. The predicted molar refractivity (Wildman–Crippen MR) is 67.9 cm³/mol. The lowest BCUT2D eigenvalue weighted by Gasteiger charge is -2.15. The van der Waals surface area contributed by atoms with Gasteiger partial charge < -0.3 is 9.88 Å². The molecule has 2 rings (SSSR count). The van der Waals surface area contributed by atoms with Gasteiger partial charge in [0.1, 0.15) is 11.9 Å². The number of fused-ring (bicyclic) bond motifs is 1. The van der Waals surface area contributed by atoms with Crippen molar-refractivity contribution >= 4 is 16.9 Å². The first-order valence-electron chi connectivity index (χ1n) is 5.86. The lowest BCUT2D eigenvalue weighted by atomic mass is 10.2. The third kappa shape index (κ3) is 1.90. The van der Waals surface area contributed by atoms with Crippen LogP contribution in [0, 0.1) is 0 Å². The Morgan fingerprint density at radius 1 is 1.47 bits per heavy atom. The summed E-state index contributed by atoms with van der Waals surface area (Å²) in [6.45, 7) is 3.94. The maximum absolute atomic E-state index is 11.8. The Balaban J connectivity index is 2.61. The van der Waals surface area contributed by atoms with Gasteiger partial charge in [0.05, 0.1) is 11.0 Å². The van der Waals surface area contributed by atoms with Gasteiger partial charge in [0.15, 0.2) is 0 Å². The van der Waals surface area contributed by atoms with Gasteiger partial charge in [-0.15, -0.1) is 0 Å². The first kappa shape index (κ1) is 11.6. The largest absolute Gasteiger partial charge is 0.357 e. The second kappa shape index (κ2) is 4.57. The summed E-state index contributed by atoms with van der Waals surface area (Å²) in [6.07, 6.45) is 0.815. The number of aromatic nitrogens is 2. The first-order valence-corrected chi connectivity index (χ1v) is 5.86. The van der Waals surface area contributed by atoms with E-state index >= 15 is 0 Å². The van der Waals surface area contributed by atoms with E-state index in [0.29, 0.717) is 0 Å². The van der Waals surface area contributed by atoms with E-state index < -0.39 is 0 Å². The molecule has 0 aliphatic carbocycles. The molecule has 1 amide bonds. The number of para-hydroxylation sites is 2. The molecule has 0 aliphatic heterocycles. The zero-order valence-electron chi connectivity index (χ0n) is 10.4. The number of amides is 1. The zero-order chi connectivity index (χ0) is 12.4. The van der Waals surface area contributed by atoms with Gasteiger partial charge >= 0.3 is 0 Å². The summed E-state index contributed by atoms with van der Waals surface area (Å²) in [6, 6.07) is 7.67. The molecule has 1 N–H and O–H groups in total. The normalized spacial score (nSPS) is 12.6. The fourth-order valence-corrected chi connectivity index (χ4v) is 2.10. The minimum Gasteiger partial charge on any atom is -0.357 e. The molecule has 90 valence electrons. The van der Waals surface area contributed by atoms with Gasteiger partial charge in [0.2, 0.25) is 5.91 Å². The molecule has 4 heteroatoms.